The number of amides is 1. The second kappa shape index (κ2) is 8.10. The molecular weight excluding hydrogens is 374 g/mol. The van der Waals surface area contributed by atoms with E-state index in [0.29, 0.717) is 0 Å². The van der Waals surface area contributed by atoms with Gasteiger partial charge in [-0.3, -0.25) is 14.3 Å². The first-order valence-corrected chi connectivity index (χ1v) is 8.36. The van der Waals surface area contributed by atoms with Crippen molar-refractivity contribution in [2.45, 2.75) is 33.4 Å². The molecule has 0 saturated carbocycles. The Balaban J connectivity index is 1.79. The summed E-state index contributed by atoms with van der Waals surface area (Å²) in [5, 5.41) is 6.98. The van der Waals surface area contributed by atoms with Gasteiger partial charge in [0, 0.05) is 10.2 Å². The molecule has 1 atom stereocenters. The number of hydrogen-bond acceptors (Lipinski definition) is 4. The molecule has 7 heteroatoms. The number of carbonyl (C=O) groups excluding carboxylic acids is 2. The van der Waals surface area contributed by atoms with Crippen LogP contribution in [0.4, 0.5) is 0 Å². The van der Waals surface area contributed by atoms with E-state index in [0.717, 1.165) is 21.4 Å². The number of rotatable bonds is 6. The zero-order chi connectivity index (χ0) is 17.7. The highest BCUT2D eigenvalue weighted by atomic mass is 79.9. The molecule has 1 heterocycles. The number of ether oxygens (including phenoxy) is 1. The number of halogens is 1. The molecule has 0 aliphatic rings. The summed E-state index contributed by atoms with van der Waals surface area (Å²) in [6.07, 6.45) is 0. The average molecular weight is 394 g/mol. The SMILES string of the molecule is Cc1cc(C)n(CC(=O)OCC(=O)NC(C)c2ccc(Br)cc2)n1. The molecule has 1 unspecified atom stereocenters. The summed E-state index contributed by atoms with van der Waals surface area (Å²) < 4.78 is 7.54. The van der Waals surface area contributed by atoms with Crippen molar-refractivity contribution in [2.75, 3.05) is 6.61 Å². The predicted octanol–water partition coefficient (Wildman–Crippen LogP) is 2.68. The summed E-state index contributed by atoms with van der Waals surface area (Å²) in [5.41, 5.74) is 2.68. The normalized spacial score (nSPS) is 11.8. The number of nitrogens with one attached hydrogen (secondary N) is 1. The van der Waals surface area contributed by atoms with E-state index in [9.17, 15) is 9.59 Å². The number of benzene rings is 1. The first-order chi connectivity index (χ1) is 11.3. The highest BCUT2D eigenvalue weighted by Crippen LogP contribution is 2.16. The van der Waals surface area contributed by atoms with Gasteiger partial charge in [0.2, 0.25) is 0 Å². The molecule has 1 amide bonds. The zero-order valence-electron chi connectivity index (χ0n) is 13.9. The van der Waals surface area contributed by atoms with Crippen molar-refractivity contribution in [3.05, 3.63) is 51.8 Å². The van der Waals surface area contributed by atoms with E-state index in [1.807, 2.05) is 51.1 Å². The lowest BCUT2D eigenvalue weighted by atomic mass is 10.1. The molecule has 0 radical (unpaired) electrons. The molecule has 128 valence electrons. The van der Waals surface area contributed by atoms with Crippen LogP contribution in [-0.2, 0) is 20.9 Å². The Bertz CT molecular complexity index is 725. The fourth-order valence-electron chi connectivity index (χ4n) is 2.27. The Kier molecular flexibility index (Phi) is 6.14. The summed E-state index contributed by atoms with van der Waals surface area (Å²) in [4.78, 5) is 23.7. The van der Waals surface area contributed by atoms with Crippen LogP contribution in [-0.4, -0.2) is 28.3 Å². The van der Waals surface area contributed by atoms with Gasteiger partial charge in [0.05, 0.1) is 11.7 Å². The van der Waals surface area contributed by atoms with E-state index in [1.54, 1.807) is 4.68 Å². The molecule has 6 nitrogen and oxygen atoms in total. The van der Waals surface area contributed by atoms with Gasteiger partial charge in [-0.2, -0.15) is 5.10 Å². The maximum Gasteiger partial charge on any atom is 0.328 e. The van der Waals surface area contributed by atoms with Crippen LogP contribution < -0.4 is 5.32 Å². The van der Waals surface area contributed by atoms with Gasteiger partial charge in [-0.1, -0.05) is 28.1 Å². The largest absolute Gasteiger partial charge is 0.454 e. The number of hydrogen-bond donors (Lipinski definition) is 1. The third-order valence-corrected chi connectivity index (χ3v) is 4.02. The smallest absolute Gasteiger partial charge is 0.328 e. The maximum atomic E-state index is 11.9. The van der Waals surface area contributed by atoms with Crippen molar-refractivity contribution >= 4 is 27.8 Å². The van der Waals surface area contributed by atoms with Crippen LogP contribution in [0.2, 0.25) is 0 Å². The van der Waals surface area contributed by atoms with E-state index >= 15 is 0 Å². The van der Waals surface area contributed by atoms with Crippen molar-refractivity contribution in [1.29, 1.82) is 0 Å². The van der Waals surface area contributed by atoms with E-state index in [2.05, 4.69) is 26.3 Å². The standard InChI is InChI=1S/C17H20BrN3O3/c1-11-8-12(2)21(20-11)9-17(23)24-10-16(22)19-13(3)14-4-6-15(18)7-5-14/h4-8,13H,9-10H2,1-3H3,(H,19,22). The Morgan fingerprint density at radius 1 is 1.29 bits per heavy atom. The van der Waals surface area contributed by atoms with Crippen LogP contribution in [0.15, 0.2) is 34.8 Å². The lowest BCUT2D eigenvalue weighted by molar-refractivity contribution is -0.149. The lowest BCUT2D eigenvalue weighted by Crippen LogP contribution is -2.31. The molecule has 2 aromatic rings. The molecule has 1 N–H and O–H groups in total. The Labute approximate surface area is 149 Å². The van der Waals surface area contributed by atoms with Crippen molar-refractivity contribution in [2.24, 2.45) is 0 Å². The number of carbonyl (C=O) groups is 2. The summed E-state index contributed by atoms with van der Waals surface area (Å²) in [7, 11) is 0. The first kappa shape index (κ1) is 18.2. The minimum atomic E-state index is -0.493. The third-order valence-electron chi connectivity index (χ3n) is 3.49. The minimum absolute atomic E-state index is 0.00474. The van der Waals surface area contributed by atoms with Gasteiger partial charge >= 0.3 is 5.97 Å². The predicted molar refractivity (Wildman–Crippen MR) is 93.4 cm³/mol. The molecule has 1 aromatic heterocycles. The summed E-state index contributed by atoms with van der Waals surface area (Å²) >= 11 is 3.37. The Morgan fingerprint density at radius 3 is 2.54 bits per heavy atom. The molecule has 2 rings (SSSR count). The van der Waals surface area contributed by atoms with Gasteiger partial charge in [-0.25, -0.2) is 0 Å². The van der Waals surface area contributed by atoms with Crippen LogP contribution in [0.1, 0.15) is 29.9 Å². The monoisotopic (exact) mass is 393 g/mol. The van der Waals surface area contributed by atoms with E-state index in [-0.39, 0.29) is 25.1 Å². The molecule has 0 bridgehead atoms. The van der Waals surface area contributed by atoms with Gasteiger partial charge in [-0.15, -0.1) is 0 Å². The van der Waals surface area contributed by atoms with Crippen molar-refractivity contribution in [3.63, 3.8) is 0 Å². The van der Waals surface area contributed by atoms with Gasteiger partial charge < -0.3 is 10.1 Å². The number of esters is 1. The second-order valence-electron chi connectivity index (χ2n) is 5.59. The second-order valence-corrected chi connectivity index (χ2v) is 6.50. The number of nitrogens with zero attached hydrogens (tertiary/aromatic N) is 2. The van der Waals surface area contributed by atoms with Crippen LogP contribution in [0, 0.1) is 13.8 Å². The van der Waals surface area contributed by atoms with Crippen molar-refractivity contribution < 1.29 is 14.3 Å². The van der Waals surface area contributed by atoms with Crippen molar-refractivity contribution in [1.82, 2.24) is 15.1 Å². The van der Waals surface area contributed by atoms with E-state index < -0.39 is 5.97 Å². The van der Waals surface area contributed by atoms with Gasteiger partial charge in [-0.05, 0) is 44.5 Å². The molecular formula is C17H20BrN3O3. The summed E-state index contributed by atoms with van der Waals surface area (Å²) in [5.74, 6) is -0.834. The maximum absolute atomic E-state index is 11.9. The van der Waals surface area contributed by atoms with Gasteiger partial charge in [0.1, 0.15) is 6.54 Å². The van der Waals surface area contributed by atoms with Crippen molar-refractivity contribution in [3.8, 4) is 0 Å². The quantitative estimate of drug-likeness (QED) is 0.765. The van der Waals surface area contributed by atoms with Crippen LogP contribution in [0.5, 0.6) is 0 Å². The third kappa shape index (κ3) is 5.19. The molecule has 0 aliphatic heterocycles. The van der Waals surface area contributed by atoms with E-state index in [1.165, 1.54) is 0 Å². The lowest BCUT2D eigenvalue weighted by Gasteiger charge is -2.14. The van der Waals surface area contributed by atoms with Gasteiger partial charge in [0.15, 0.2) is 6.61 Å². The Morgan fingerprint density at radius 2 is 1.96 bits per heavy atom. The highest BCUT2D eigenvalue weighted by molar-refractivity contribution is 9.10. The zero-order valence-corrected chi connectivity index (χ0v) is 15.5. The summed E-state index contributed by atoms with van der Waals surface area (Å²) in [6.45, 7) is 5.28. The Hall–Kier alpha value is -2.15. The van der Waals surface area contributed by atoms with Gasteiger partial charge in [0.25, 0.3) is 5.91 Å². The molecule has 0 fully saturated rings. The molecule has 0 saturated heterocycles. The fourth-order valence-corrected chi connectivity index (χ4v) is 2.53. The average Bonchev–Trinajstić information content (AvgIpc) is 2.83. The molecule has 0 aliphatic carbocycles. The minimum Gasteiger partial charge on any atom is -0.454 e. The fraction of sp³-hybridized carbons (Fsp3) is 0.353. The molecule has 0 spiro atoms. The number of aromatic nitrogens is 2. The molecule has 24 heavy (non-hydrogen) atoms. The van der Waals surface area contributed by atoms with E-state index in [4.69, 9.17) is 4.74 Å². The first-order valence-electron chi connectivity index (χ1n) is 7.56. The number of aryl methyl sites for hydroxylation is 2. The van der Waals surface area contributed by atoms with Crippen LogP contribution in [0.25, 0.3) is 0 Å². The topological polar surface area (TPSA) is 73.2 Å². The highest BCUT2D eigenvalue weighted by Gasteiger charge is 2.13. The van der Waals surface area contributed by atoms with Crippen LogP contribution in [0.3, 0.4) is 0 Å². The van der Waals surface area contributed by atoms with Crippen LogP contribution >= 0.6 is 15.9 Å². The molecule has 1 aromatic carbocycles. The summed E-state index contributed by atoms with van der Waals surface area (Å²) in [6, 6.07) is 9.37.